The highest BCUT2D eigenvalue weighted by Crippen LogP contribution is 2.13. The van der Waals surface area contributed by atoms with Crippen molar-refractivity contribution in [2.24, 2.45) is 0 Å². The lowest BCUT2D eigenvalue weighted by molar-refractivity contribution is -0.384. The van der Waals surface area contributed by atoms with Crippen LogP contribution < -0.4 is 5.32 Å². The fourth-order valence-corrected chi connectivity index (χ4v) is 1.54. The Hall–Kier alpha value is -2.70. The number of hydrogen-bond donors (Lipinski definition) is 2. The van der Waals surface area contributed by atoms with Crippen molar-refractivity contribution in [3.8, 4) is 0 Å². The zero-order valence-corrected chi connectivity index (χ0v) is 10.6. The zero-order valence-electron chi connectivity index (χ0n) is 10.6. The molecule has 0 heterocycles. The lowest BCUT2D eigenvalue weighted by Gasteiger charge is -2.13. The SMILES string of the molecule is C=CCC[C@@H](NC(=O)c1cccc([N+](=O)[O-])c1)C(=O)O. The molecule has 0 aliphatic carbocycles. The monoisotopic (exact) mass is 278 g/mol. The maximum Gasteiger partial charge on any atom is 0.326 e. The van der Waals surface area contributed by atoms with Crippen LogP contribution in [-0.2, 0) is 4.79 Å². The van der Waals surface area contributed by atoms with Gasteiger partial charge in [-0.05, 0) is 18.9 Å². The predicted octanol–water partition coefficient (Wildman–Crippen LogP) is 1.74. The van der Waals surface area contributed by atoms with Gasteiger partial charge in [-0.2, -0.15) is 0 Å². The van der Waals surface area contributed by atoms with Crippen molar-refractivity contribution in [2.45, 2.75) is 18.9 Å². The lowest BCUT2D eigenvalue weighted by atomic mass is 10.1. The van der Waals surface area contributed by atoms with Gasteiger partial charge in [0.1, 0.15) is 6.04 Å². The molecule has 1 rings (SSSR count). The molecule has 106 valence electrons. The van der Waals surface area contributed by atoms with Crippen molar-refractivity contribution in [1.82, 2.24) is 5.32 Å². The summed E-state index contributed by atoms with van der Waals surface area (Å²) in [7, 11) is 0. The quantitative estimate of drug-likeness (QED) is 0.448. The Bertz CT molecular complexity index is 541. The molecule has 0 fully saturated rings. The Kier molecular flexibility index (Phi) is 5.40. The summed E-state index contributed by atoms with van der Waals surface area (Å²) in [6.07, 6.45) is 2.20. The Morgan fingerprint density at radius 2 is 2.20 bits per heavy atom. The highest BCUT2D eigenvalue weighted by Gasteiger charge is 2.20. The van der Waals surface area contributed by atoms with Crippen LogP contribution in [0, 0.1) is 10.1 Å². The van der Waals surface area contributed by atoms with Gasteiger partial charge in [-0.3, -0.25) is 14.9 Å². The topological polar surface area (TPSA) is 110 Å². The number of carboxylic acids is 1. The number of carbonyl (C=O) groups excluding carboxylic acids is 1. The van der Waals surface area contributed by atoms with Gasteiger partial charge in [-0.15, -0.1) is 6.58 Å². The van der Waals surface area contributed by atoms with Crippen molar-refractivity contribution in [3.63, 3.8) is 0 Å². The minimum atomic E-state index is -1.16. The molecule has 1 aromatic carbocycles. The summed E-state index contributed by atoms with van der Waals surface area (Å²) < 4.78 is 0. The Morgan fingerprint density at radius 3 is 2.75 bits per heavy atom. The van der Waals surface area contributed by atoms with Gasteiger partial charge in [-0.25, -0.2) is 4.79 Å². The van der Waals surface area contributed by atoms with Gasteiger partial charge in [0.15, 0.2) is 0 Å². The molecular formula is C13H14N2O5. The van der Waals surface area contributed by atoms with Crippen LogP contribution >= 0.6 is 0 Å². The molecule has 1 aromatic rings. The molecule has 0 radical (unpaired) electrons. The third-order valence-electron chi connectivity index (χ3n) is 2.58. The Balaban J connectivity index is 2.83. The second-order valence-corrected chi connectivity index (χ2v) is 4.04. The van der Waals surface area contributed by atoms with Gasteiger partial charge in [0.05, 0.1) is 4.92 Å². The number of nitro benzene ring substituents is 1. The first-order valence-corrected chi connectivity index (χ1v) is 5.84. The molecule has 2 N–H and O–H groups in total. The fourth-order valence-electron chi connectivity index (χ4n) is 1.54. The fraction of sp³-hybridized carbons (Fsp3) is 0.231. The molecule has 0 aliphatic heterocycles. The molecule has 0 saturated carbocycles. The Morgan fingerprint density at radius 1 is 1.50 bits per heavy atom. The lowest BCUT2D eigenvalue weighted by Crippen LogP contribution is -2.40. The molecule has 0 saturated heterocycles. The number of non-ortho nitro benzene ring substituents is 1. The second kappa shape index (κ2) is 7.03. The molecule has 0 unspecified atom stereocenters. The number of benzene rings is 1. The van der Waals surface area contributed by atoms with Crippen molar-refractivity contribution >= 4 is 17.6 Å². The predicted molar refractivity (Wildman–Crippen MR) is 71.4 cm³/mol. The van der Waals surface area contributed by atoms with E-state index >= 15 is 0 Å². The molecule has 0 aliphatic rings. The number of hydrogen-bond acceptors (Lipinski definition) is 4. The summed E-state index contributed by atoms with van der Waals surface area (Å²) in [5.74, 6) is -1.82. The smallest absolute Gasteiger partial charge is 0.326 e. The van der Waals surface area contributed by atoms with Crippen LogP contribution in [0.3, 0.4) is 0 Å². The van der Waals surface area contributed by atoms with E-state index in [2.05, 4.69) is 11.9 Å². The van der Waals surface area contributed by atoms with E-state index in [0.717, 1.165) is 6.07 Å². The number of carboxylic acid groups (broad SMARTS) is 1. The first kappa shape index (κ1) is 15.4. The molecule has 0 bridgehead atoms. The van der Waals surface area contributed by atoms with E-state index < -0.39 is 22.8 Å². The van der Waals surface area contributed by atoms with E-state index in [4.69, 9.17) is 5.11 Å². The molecule has 7 heteroatoms. The number of nitrogens with one attached hydrogen (secondary N) is 1. The number of nitro groups is 1. The van der Waals surface area contributed by atoms with Crippen LogP contribution in [-0.4, -0.2) is 27.9 Å². The molecule has 0 spiro atoms. The van der Waals surface area contributed by atoms with E-state index in [0.29, 0.717) is 6.42 Å². The van der Waals surface area contributed by atoms with Gasteiger partial charge < -0.3 is 10.4 Å². The van der Waals surface area contributed by atoms with Crippen molar-refractivity contribution in [3.05, 3.63) is 52.6 Å². The molecule has 0 aromatic heterocycles. The highest BCUT2D eigenvalue weighted by molar-refractivity contribution is 5.97. The van der Waals surface area contributed by atoms with Gasteiger partial charge in [0.25, 0.3) is 11.6 Å². The minimum absolute atomic E-state index is 0.0454. The van der Waals surface area contributed by atoms with E-state index in [-0.39, 0.29) is 17.7 Å². The van der Waals surface area contributed by atoms with Crippen LogP contribution in [0.15, 0.2) is 36.9 Å². The molecule has 1 amide bonds. The summed E-state index contributed by atoms with van der Waals surface area (Å²) in [5.41, 5.74) is -0.181. The highest BCUT2D eigenvalue weighted by atomic mass is 16.6. The van der Waals surface area contributed by atoms with Crippen LogP contribution in [0.1, 0.15) is 23.2 Å². The average molecular weight is 278 g/mol. The maximum atomic E-state index is 11.9. The van der Waals surface area contributed by atoms with Gasteiger partial charge in [0, 0.05) is 17.7 Å². The maximum absolute atomic E-state index is 11.9. The van der Waals surface area contributed by atoms with Crippen LogP contribution in [0.5, 0.6) is 0 Å². The average Bonchev–Trinajstić information content (AvgIpc) is 2.42. The number of rotatable bonds is 7. The standard InChI is InChI=1S/C13H14N2O5/c1-2-3-7-11(13(17)18)14-12(16)9-5-4-6-10(8-9)15(19)20/h2,4-6,8,11H,1,3,7H2,(H,14,16)(H,17,18)/t11-/m1/s1. The van der Waals surface area contributed by atoms with E-state index in [1.807, 2.05) is 0 Å². The summed E-state index contributed by atoms with van der Waals surface area (Å²) in [6.45, 7) is 3.48. The molecular weight excluding hydrogens is 264 g/mol. The van der Waals surface area contributed by atoms with E-state index in [9.17, 15) is 19.7 Å². The van der Waals surface area contributed by atoms with Gasteiger partial charge in [0.2, 0.25) is 0 Å². The summed E-state index contributed by atoms with van der Waals surface area (Å²) in [6, 6.07) is 4.05. The number of aliphatic carboxylic acids is 1. The third-order valence-corrected chi connectivity index (χ3v) is 2.58. The van der Waals surface area contributed by atoms with Crippen LogP contribution in [0.2, 0.25) is 0 Å². The molecule has 7 nitrogen and oxygen atoms in total. The summed E-state index contributed by atoms with van der Waals surface area (Å²) in [5, 5.41) is 21.9. The normalized spacial score (nSPS) is 11.4. The molecule has 1 atom stereocenters. The van der Waals surface area contributed by atoms with Gasteiger partial charge in [-0.1, -0.05) is 12.1 Å². The van der Waals surface area contributed by atoms with Crippen molar-refractivity contribution in [1.29, 1.82) is 0 Å². The number of allylic oxidation sites excluding steroid dienone is 1. The van der Waals surface area contributed by atoms with Crippen molar-refractivity contribution < 1.29 is 19.6 Å². The largest absolute Gasteiger partial charge is 0.480 e. The minimum Gasteiger partial charge on any atom is -0.480 e. The number of amides is 1. The molecule has 20 heavy (non-hydrogen) atoms. The van der Waals surface area contributed by atoms with Crippen LogP contribution in [0.4, 0.5) is 5.69 Å². The summed E-state index contributed by atoms with van der Waals surface area (Å²) in [4.78, 5) is 32.9. The van der Waals surface area contributed by atoms with E-state index in [1.54, 1.807) is 6.08 Å². The van der Waals surface area contributed by atoms with Crippen LogP contribution in [0.25, 0.3) is 0 Å². The Labute approximate surface area is 115 Å². The third kappa shape index (κ3) is 4.20. The zero-order chi connectivity index (χ0) is 15.1. The summed E-state index contributed by atoms with van der Waals surface area (Å²) >= 11 is 0. The first-order chi connectivity index (χ1) is 9.45. The number of nitrogens with zero attached hydrogens (tertiary/aromatic N) is 1. The van der Waals surface area contributed by atoms with Gasteiger partial charge >= 0.3 is 5.97 Å². The van der Waals surface area contributed by atoms with E-state index in [1.165, 1.54) is 18.2 Å². The van der Waals surface area contributed by atoms with Crippen molar-refractivity contribution in [2.75, 3.05) is 0 Å². The first-order valence-electron chi connectivity index (χ1n) is 5.84. The second-order valence-electron chi connectivity index (χ2n) is 4.04. The number of carbonyl (C=O) groups is 2.